The number of fused-ring (bicyclic) bond motifs is 1. The molecule has 1 aromatic heterocycles. The van der Waals surface area contributed by atoms with Gasteiger partial charge in [0.05, 0.1) is 5.69 Å². The van der Waals surface area contributed by atoms with Crippen LogP contribution in [0.4, 0.5) is 22.9 Å². The number of rotatable bonds is 4. The summed E-state index contributed by atoms with van der Waals surface area (Å²) in [6, 6.07) is 20.9. The molecule has 1 atom stereocenters. The van der Waals surface area contributed by atoms with E-state index in [2.05, 4.69) is 66.1 Å². The van der Waals surface area contributed by atoms with Crippen LogP contribution in [0.2, 0.25) is 0 Å². The van der Waals surface area contributed by atoms with Crippen LogP contribution in [-0.4, -0.2) is 17.9 Å². The predicted octanol–water partition coefficient (Wildman–Crippen LogP) is 5.31. The molecule has 0 radical (unpaired) electrons. The van der Waals surface area contributed by atoms with Crippen LogP contribution >= 0.6 is 0 Å². The molecule has 2 aromatic carbocycles. The summed E-state index contributed by atoms with van der Waals surface area (Å²) < 4.78 is 6.23. The van der Waals surface area contributed by atoms with Crippen LogP contribution in [0.5, 0.6) is 0 Å². The van der Waals surface area contributed by atoms with Crippen LogP contribution in [0.3, 0.4) is 0 Å². The van der Waals surface area contributed by atoms with Crippen LogP contribution < -0.4 is 9.80 Å². The number of para-hydroxylation sites is 2. The SMILES string of the molecule is CCOC1N(c2ccccc2C)c2cc(C)cnc2N1c1ccccc1. The second-order valence-corrected chi connectivity index (χ2v) is 6.50. The summed E-state index contributed by atoms with van der Waals surface area (Å²) >= 11 is 0. The van der Waals surface area contributed by atoms with Gasteiger partial charge in [0.15, 0.2) is 5.82 Å². The summed E-state index contributed by atoms with van der Waals surface area (Å²) in [5, 5.41) is 0. The molecule has 1 unspecified atom stereocenters. The van der Waals surface area contributed by atoms with Gasteiger partial charge in [-0.3, -0.25) is 9.80 Å². The van der Waals surface area contributed by atoms with Gasteiger partial charge < -0.3 is 4.74 Å². The Labute approximate surface area is 154 Å². The number of nitrogens with zero attached hydrogens (tertiary/aromatic N) is 3. The molecule has 0 amide bonds. The van der Waals surface area contributed by atoms with Crippen molar-refractivity contribution in [1.82, 2.24) is 4.98 Å². The highest BCUT2D eigenvalue weighted by Crippen LogP contribution is 2.47. The lowest BCUT2D eigenvalue weighted by molar-refractivity contribution is 0.0768. The first-order valence-electron chi connectivity index (χ1n) is 8.98. The Bertz CT molecular complexity index is 910. The Balaban J connectivity index is 1.93. The molecule has 1 aliphatic rings. The van der Waals surface area contributed by atoms with E-state index in [0.29, 0.717) is 6.61 Å². The van der Waals surface area contributed by atoms with Crippen LogP contribution in [0.15, 0.2) is 66.9 Å². The largest absolute Gasteiger partial charge is 0.340 e. The minimum Gasteiger partial charge on any atom is -0.340 e. The van der Waals surface area contributed by atoms with Crippen molar-refractivity contribution >= 4 is 22.9 Å². The van der Waals surface area contributed by atoms with Gasteiger partial charge in [0.25, 0.3) is 0 Å². The Morgan fingerprint density at radius 3 is 2.38 bits per heavy atom. The second-order valence-electron chi connectivity index (χ2n) is 6.50. The zero-order chi connectivity index (χ0) is 18.1. The molecule has 3 aromatic rings. The van der Waals surface area contributed by atoms with Crippen molar-refractivity contribution in [2.24, 2.45) is 0 Å². The molecule has 132 valence electrons. The summed E-state index contributed by atoms with van der Waals surface area (Å²) in [7, 11) is 0. The summed E-state index contributed by atoms with van der Waals surface area (Å²) in [5.74, 6) is 0.920. The van der Waals surface area contributed by atoms with E-state index in [4.69, 9.17) is 9.72 Å². The van der Waals surface area contributed by atoms with Gasteiger partial charge in [-0.2, -0.15) is 0 Å². The summed E-state index contributed by atoms with van der Waals surface area (Å²) in [6.45, 7) is 6.85. The van der Waals surface area contributed by atoms with Gasteiger partial charge in [-0.05, 0) is 56.2 Å². The van der Waals surface area contributed by atoms with Crippen molar-refractivity contribution in [3.8, 4) is 0 Å². The zero-order valence-electron chi connectivity index (χ0n) is 15.4. The first kappa shape index (κ1) is 16.6. The van der Waals surface area contributed by atoms with Gasteiger partial charge in [0, 0.05) is 24.2 Å². The van der Waals surface area contributed by atoms with Crippen molar-refractivity contribution in [2.45, 2.75) is 27.1 Å². The number of benzene rings is 2. The van der Waals surface area contributed by atoms with E-state index in [0.717, 1.165) is 28.4 Å². The van der Waals surface area contributed by atoms with Crippen molar-refractivity contribution in [1.29, 1.82) is 0 Å². The molecule has 0 fully saturated rings. The first-order chi connectivity index (χ1) is 12.7. The smallest absolute Gasteiger partial charge is 0.220 e. The van der Waals surface area contributed by atoms with Crippen LogP contribution in [0.1, 0.15) is 18.1 Å². The van der Waals surface area contributed by atoms with Crippen LogP contribution in [0, 0.1) is 13.8 Å². The number of pyridine rings is 1. The van der Waals surface area contributed by atoms with Gasteiger partial charge in [0.1, 0.15) is 0 Å². The van der Waals surface area contributed by atoms with Crippen molar-refractivity contribution in [3.05, 3.63) is 78.0 Å². The third-order valence-corrected chi connectivity index (χ3v) is 4.64. The van der Waals surface area contributed by atoms with Gasteiger partial charge in [-0.1, -0.05) is 36.4 Å². The Kier molecular flexibility index (Phi) is 4.35. The normalized spacial score (nSPS) is 16.0. The fourth-order valence-corrected chi connectivity index (χ4v) is 3.47. The highest BCUT2D eigenvalue weighted by Gasteiger charge is 2.40. The molecule has 26 heavy (non-hydrogen) atoms. The van der Waals surface area contributed by atoms with E-state index < -0.39 is 0 Å². The minimum atomic E-state index is -0.271. The fraction of sp³-hybridized carbons (Fsp3) is 0.227. The number of anilines is 4. The molecule has 4 heteroatoms. The average molecular weight is 345 g/mol. The maximum Gasteiger partial charge on any atom is 0.220 e. The number of aryl methyl sites for hydroxylation is 2. The number of aromatic nitrogens is 1. The third-order valence-electron chi connectivity index (χ3n) is 4.64. The van der Waals surface area contributed by atoms with Gasteiger partial charge in [0.2, 0.25) is 6.35 Å². The lowest BCUT2D eigenvalue weighted by Crippen LogP contribution is -2.41. The van der Waals surface area contributed by atoms with Gasteiger partial charge >= 0.3 is 0 Å². The molecule has 0 aliphatic carbocycles. The maximum absolute atomic E-state index is 6.23. The quantitative estimate of drug-likeness (QED) is 0.641. The van der Waals surface area contributed by atoms with Crippen LogP contribution in [-0.2, 0) is 4.74 Å². The van der Waals surface area contributed by atoms with E-state index in [1.165, 1.54) is 5.56 Å². The Morgan fingerprint density at radius 1 is 0.923 bits per heavy atom. The number of ether oxygens (including phenoxy) is 1. The number of hydrogen-bond acceptors (Lipinski definition) is 4. The third kappa shape index (κ3) is 2.72. The summed E-state index contributed by atoms with van der Waals surface area (Å²) in [4.78, 5) is 9.18. The topological polar surface area (TPSA) is 28.6 Å². The minimum absolute atomic E-state index is 0.271. The lowest BCUT2D eigenvalue weighted by Gasteiger charge is -2.32. The zero-order valence-corrected chi connectivity index (χ0v) is 15.4. The van der Waals surface area contributed by atoms with Gasteiger partial charge in [-0.15, -0.1) is 0 Å². The lowest BCUT2D eigenvalue weighted by atomic mass is 10.1. The Hall–Kier alpha value is -2.85. The number of hydrogen-bond donors (Lipinski definition) is 0. The van der Waals surface area contributed by atoms with E-state index in [1.807, 2.05) is 31.3 Å². The van der Waals surface area contributed by atoms with E-state index in [1.54, 1.807) is 0 Å². The summed E-state index contributed by atoms with van der Waals surface area (Å²) in [5.41, 5.74) is 5.62. The van der Waals surface area contributed by atoms with Crippen molar-refractivity contribution in [3.63, 3.8) is 0 Å². The molecule has 0 saturated carbocycles. The molecule has 1 aliphatic heterocycles. The fourth-order valence-electron chi connectivity index (χ4n) is 3.47. The standard InChI is InChI=1S/C22H23N3O/c1-4-26-22-24(18-11-6-5-7-12-18)21-20(14-16(2)15-23-21)25(22)19-13-9-8-10-17(19)3/h5-15,22H,4H2,1-3H3. The Morgan fingerprint density at radius 2 is 1.65 bits per heavy atom. The second kappa shape index (κ2) is 6.81. The molecule has 0 spiro atoms. The molecule has 0 N–H and O–H groups in total. The van der Waals surface area contributed by atoms with E-state index in [9.17, 15) is 0 Å². The highest BCUT2D eigenvalue weighted by atomic mass is 16.5. The molecule has 0 saturated heterocycles. The average Bonchev–Trinajstić information content (AvgIpc) is 2.96. The molecular weight excluding hydrogens is 322 g/mol. The molecule has 0 bridgehead atoms. The first-order valence-corrected chi connectivity index (χ1v) is 8.98. The van der Waals surface area contributed by atoms with Crippen molar-refractivity contribution in [2.75, 3.05) is 16.4 Å². The van der Waals surface area contributed by atoms with Crippen molar-refractivity contribution < 1.29 is 4.74 Å². The van der Waals surface area contributed by atoms with E-state index >= 15 is 0 Å². The molecule has 2 heterocycles. The summed E-state index contributed by atoms with van der Waals surface area (Å²) in [6.07, 6.45) is 1.65. The molecular formula is C22H23N3O. The van der Waals surface area contributed by atoms with E-state index in [-0.39, 0.29) is 6.35 Å². The van der Waals surface area contributed by atoms with Gasteiger partial charge in [-0.25, -0.2) is 4.98 Å². The van der Waals surface area contributed by atoms with Crippen LogP contribution in [0.25, 0.3) is 0 Å². The molecule has 4 nitrogen and oxygen atoms in total. The highest BCUT2D eigenvalue weighted by molar-refractivity contribution is 5.86. The monoisotopic (exact) mass is 345 g/mol. The predicted molar refractivity (Wildman–Crippen MR) is 106 cm³/mol. The molecule has 4 rings (SSSR count). The maximum atomic E-state index is 6.23.